The lowest BCUT2D eigenvalue weighted by Gasteiger charge is -2.32. The molecule has 20 heavy (non-hydrogen) atoms. The van der Waals surface area contributed by atoms with Gasteiger partial charge in [0.15, 0.2) is 0 Å². The van der Waals surface area contributed by atoms with Crippen molar-refractivity contribution >= 4 is 10.0 Å². The molecule has 0 bridgehead atoms. The molecule has 4 nitrogen and oxygen atoms in total. The van der Waals surface area contributed by atoms with Gasteiger partial charge in [-0.25, -0.2) is 8.42 Å². The lowest BCUT2D eigenvalue weighted by Crippen LogP contribution is -2.47. The first-order chi connectivity index (χ1) is 9.11. The quantitative estimate of drug-likeness (QED) is 0.876. The van der Waals surface area contributed by atoms with Crippen molar-refractivity contribution in [3.05, 3.63) is 29.8 Å². The Morgan fingerprint density at radius 3 is 2.10 bits per heavy atom. The molecule has 1 aromatic rings. The Morgan fingerprint density at radius 1 is 1.20 bits per heavy atom. The Balaban J connectivity index is 3.05. The molecule has 114 valence electrons. The number of hydrogen-bond donors (Lipinski definition) is 1. The van der Waals surface area contributed by atoms with Gasteiger partial charge in [-0.05, 0) is 43.9 Å². The van der Waals surface area contributed by atoms with Gasteiger partial charge in [0, 0.05) is 7.05 Å². The number of sulfonamides is 1. The first-order valence-corrected chi connectivity index (χ1v) is 8.24. The van der Waals surface area contributed by atoms with Gasteiger partial charge in [0.05, 0.1) is 17.0 Å². The Bertz CT molecular complexity index is 533. The summed E-state index contributed by atoms with van der Waals surface area (Å²) in [7, 11) is -2.09. The third-order valence-electron chi connectivity index (χ3n) is 3.47. The van der Waals surface area contributed by atoms with E-state index in [-0.39, 0.29) is 11.5 Å². The van der Waals surface area contributed by atoms with Crippen LogP contribution in [0, 0.1) is 5.92 Å². The first kappa shape index (κ1) is 17.1. The standard InChI is InChI=1S/C15H25NO3S/c1-12(2)10-13-6-8-14(9-7-13)20(18,19)16(5)15(3,4)11-17/h6-9,12,17H,10-11H2,1-5H3. The van der Waals surface area contributed by atoms with Crippen molar-refractivity contribution < 1.29 is 13.5 Å². The average Bonchev–Trinajstić information content (AvgIpc) is 2.37. The highest BCUT2D eigenvalue weighted by Gasteiger charge is 2.33. The lowest BCUT2D eigenvalue weighted by atomic mass is 10.0. The monoisotopic (exact) mass is 299 g/mol. The second-order valence-electron chi connectivity index (χ2n) is 6.19. The van der Waals surface area contributed by atoms with Crippen LogP contribution in [0.4, 0.5) is 0 Å². The molecule has 0 aromatic heterocycles. The van der Waals surface area contributed by atoms with Crippen molar-refractivity contribution in [2.75, 3.05) is 13.7 Å². The second kappa shape index (κ2) is 6.24. The summed E-state index contributed by atoms with van der Waals surface area (Å²) in [6, 6.07) is 6.98. The van der Waals surface area contributed by atoms with Crippen LogP contribution in [-0.4, -0.2) is 37.0 Å². The molecular weight excluding hydrogens is 274 g/mol. The predicted molar refractivity (Wildman–Crippen MR) is 81.1 cm³/mol. The molecular formula is C15H25NO3S. The van der Waals surface area contributed by atoms with Crippen LogP contribution >= 0.6 is 0 Å². The largest absolute Gasteiger partial charge is 0.394 e. The zero-order chi connectivity index (χ0) is 15.6. The predicted octanol–water partition coefficient (Wildman–Crippen LogP) is 2.28. The number of hydrogen-bond acceptors (Lipinski definition) is 3. The molecule has 5 heteroatoms. The number of likely N-dealkylation sites (N-methyl/N-ethyl adjacent to an activating group) is 1. The lowest BCUT2D eigenvalue weighted by molar-refractivity contribution is 0.138. The normalized spacial score (nSPS) is 13.2. The van der Waals surface area contributed by atoms with Crippen molar-refractivity contribution in [2.45, 2.75) is 44.6 Å². The number of nitrogens with zero attached hydrogens (tertiary/aromatic N) is 1. The molecule has 0 aliphatic rings. The molecule has 0 saturated carbocycles. The number of aliphatic hydroxyl groups excluding tert-OH is 1. The van der Waals surface area contributed by atoms with Gasteiger partial charge in [0.2, 0.25) is 10.0 Å². The van der Waals surface area contributed by atoms with E-state index in [4.69, 9.17) is 0 Å². The van der Waals surface area contributed by atoms with Crippen LogP contribution in [-0.2, 0) is 16.4 Å². The van der Waals surface area contributed by atoms with E-state index in [1.165, 1.54) is 11.4 Å². The van der Waals surface area contributed by atoms with Crippen LogP contribution in [0.3, 0.4) is 0 Å². The van der Waals surface area contributed by atoms with Gasteiger partial charge < -0.3 is 5.11 Å². The van der Waals surface area contributed by atoms with Crippen LogP contribution in [0.25, 0.3) is 0 Å². The molecule has 0 aliphatic heterocycles. The molecule has 0 saturated heterocycles. The van der Waals surface area contributed by atoms with Gasteiger partial charge in [-0.3, -0.25) is 0 Å². The van der Waals surface area contributed by atoms with Gasteiger partial charge in [0.25, 0.3) is 0 Å². The second-order valence-corrected chi connectivity index (χ2v) is 8.15. The van der Waals surface area contributed by atoms with Gasteiger partial charge in [-0.15, -0.1) is 0 Å². The van der Waals surface area contributed by atoms with Crippen molar-refractivity contribution in [3.8, 4) is 0 Å². The third kappa shape index (κ3) is 3.81. The first-order valence-electron chi connectivity index (χ1n) is 6.80. The average molecular weight is 299 g/mol. The molecule has 1 N–H and O–H groups in total. The van der Waals surface area contributed by atoms with Gasteiger partial charge in [-0.2, -0.15) is 4.31 Å². The van der Waals surface area contributed by atoms with E-state index in [1.54, 1.807) is 26.0 Å². The number of aliphatic hydroxyl groups is 1. The van der Waals surface area contributed by atoms with Crippen molar-refractivity contribution in [1.82, 2.24) is 4.31 Å². The SMILES string of the molecule is CC(C)Cc1ccc(S(=O)(=O)N(C)C(C)(C)CO)cc1. The minimum absolute atomic E-state index is 0.228. The molecule has 0 amide bonds. The van der Waals surface area contributed by atoms with E-state index >= 15 is 0 Å². The maximum atomic E-state index is 12.5. The minimum Gasteiger partial charge on any atom is -0.394 e. The summed E-state index contributed by atoms with van der Waals surface area (Å²) in [5.74, 6) is 0.536. The van der Waals surface area contributed by atoms with Crippen molar-refractivity contribution in [3.63, 3.8) is 0 Å². The molecule has 0 radical (unpaired) electrons. The van der Waals surface area contributed by atoms with Crippen LogP contribution < -0.4 is 0 Å². The summed E-state index contributed by atoms with van der Waals surface area (Å²) in [4.78, 5) is 0.258. The molecule has 0 heterocycles. The minimum atomic E-state index is -3.58. The van der Waals surface area contributed by atoms with Crippen LogP contribution in [0.5, 0.6) is 0 Å². The van der Waals surface area contributed by atoms with Crippen molar-refractivity contribution in [2.24, 2.45) is 5.92 Å². The Kier molecular flexibility index (Phi) is 5.35. The van der Waals surface area contributed by atoms with Gasteiger partial charge in [0.1, 0.15) is 0 Å². The van der Waals surface area contributed by atoms with Crippen LogP contribution in [0.2, 0.25) is 0 Å². The van der Waals surface area contributed by atoms with Gasteiger partial charge in [-0.1, -0.05) is 26.0 Å². The highest BCUT2D eigenvalue weighted by Crippen LogP contribution is 2.23. The molecule has 1 aromatic carbocycles. The van der Waals surface area contributed by atoms with E-state index < -0.39 is 15.6 Å². The highest BCUT2D eigenvalue weighted by atomic mass is 32.2. The molecule has 1 rings (SSSR count). The summed E-state index contributed by atoms with van der Waals surface area (Å²) in [5, 5.41) is 9.31. The Morgan fingerprint density at radius 2 is 1.70 bits per heavy atom. The molecule has 0 spiro atoms. The summed E-state index contributed by atoms with van der Waals surface area (Å²) in [5.41, 5.74) is 0.304. The Hall–Kier alpha value is -0.910. The fourth-order valence-electron chi connectivity index (χ4n) is 1.85. The zero-order valence-corrected chi connectivity index (χ0v) is 13.7. The van der Waals surface area contributed by atoms with Gasteiger partial charge >= 0.3 is 0 Å². The number of rotatable bonds is 6. The summed E-state index contributed by atoms with van der Waals surface area (Å²) < 4.78 is 26.2. The van der Waals surface area contributed by atoms with E-state index in [2.05, 4.69) is 13.8 Å². The van der Waals surface area contributed by atoms with Crippen LogP contribution in [0.1, 0.15) is 33.3 Å². The molecule has 0 fully saturated rings. The highest BCUT2D eigenvalue weighted by molar-refractivity contribution is 7.89. The summed E-state index contributed by atoms with van der Waals surface area (Å²) >= 11 is 0. The molecule has 0 atom stereocenters. The van der Waals surface area contributed by atoms with Crippen molar-refractivity contribution in [1.29, 1.82) is 0 Å². The fourth-order valence-corrected chi connectivity index (χ4v) is 3.36. The fraction of sp³-hybridized carbons (Fsp3) is 0.600. The maximum absolute atomic E-state index is 12.5. The van der Waals surface area contributed by atoms with E-state index in [0.717, 1.165) is 12.0 Å². The van der Waals surface area contributed by atoms with E-state index in [1.807, 2.05) is 12.1 Å². The van der Waals surface area contributed by atoms with E-state index in [0.29, 0.717) is 5.92 Å². The summed E-state index contributed by atoms with van der Waals surface area (Å²) in [6.07, 6.45) is 0.929. The van der Waals surface area contributed by atoms with E-state index in [9.17, 15) is 13.5 Å². The smallest absolute Gasteiger partial charge is 0.243 e. The molecule has 0 aliphatic carbocycles. The third-order valence-corrected chi connectivity index (χ3v) is 5.55. The summed E-state index contributed by atoms with van der Waals surface area (Å²) in [6.45, 7) is 7.41. The zero-order valence-electron chi connectivity index (χ0n) is 12.9. The maximum Gasteiger partial charge on any atom is 0.243 e. The number of benzene rings is 1. The topological polar surface area (TPSA) is 57.6 Å². The Labute approximate surface area is 122 Å². The van der Waals surface area contributed by atoms with Crippen LogP contribution in [0.15, 0.2) is 29.2 Å². The molecule has 0 unspecified atom stereocenters.